The zero-order valence-corrected chi connectivity index (χ0v) is 11.7. The quantitative estimate of drug-likeness (QED) is 0.609. The maximum atomic E-state index is 11.9. The molecule has 0 spiro atoms. The lowest BCUT2D eigenvalue weighted by Crippen LogP contribution is -2.38. The molecule has 1 atom stereocenters. The molecule has 0 aromatic heterocycles. The van der Waals surface area contributed by atoms with Crippen LogP contribution in [-0.2, 0) is 16.2 Å². The average Bonchev–Trinajstić information content (AvgIpc) is 2.44. The lowest BCUT2D eigenvalue weighted by molar-refractivity contribution is 0.0794. The number of carbonyl (C=O) groups is 1. The highest BCUT2D eigenvalue weighted by Gasteiger charge is 2.16. The highest BCUT2D eigenvalue weighted by atomic mass is 16.6. The third-order valence-corrected chi connectivity index (χ3v) is 2.43. The molecule has 0 fully saturated rings. The highest BCUT2D eigenvalue weighted by Crippen LogP contribution is 2.03. The average molecular weight is 280 g/mol. The monoisotopic (exact) mass is 280 g/mol. The molecule has 0 radical (unpaired) electrons. The van der Waals surface area contributed by atoms with Crippen LogP contribution in [0.5, 0.6) is 0 Å². The van der Waals surface area contributed by atoms with E-state index >= 15 is 0 Å². The Labute approximate surface area is 118 Å². The molecule has 6 heteroatoms. The Balaban J connectivity index is 2.51. The summed E-state index contributed by atoms with van der Waals surface area (Å²) in [5.74, 6) is 0. The third kappa shape index (κ3) is 6.19. The molecule has 0 saturated heterocycles. The number of hydrogen-bond donors (Lipinski definition) is 1. The summed E-state index contributed by atoms with van der Waals surface area (Å²) >= 11 is 0. The molecule has 0 saturated carbocycles. The second-order valence-electron chi connectivity index (χ2n) is 4.26. The number of aliphatic hydroxyl groups is 1. The van der Waals surface area contributed by atoms with Crippen LogP contribution in [0.3, 0.4) is 0 Å². The van der Waals surface area contributed by atoms with Gasteiger partial charge in [0, 0.05) is 0 Å². The number of hydrogen-bond acceptors (Lipinski definition) is 5. The zero-order valence-electron chi connectivity index (χ0n) is 11.7. The topological polar surface area (TPSA) is 71.4 Å². The van der Waals surface area contributed by atoms with Gasteiger partial charge in [0.05, 0.1) is 25.4 Å². The smallest absolute Gasteiger partial charge is 0.410 e. The van der Waals surface area contributed by atoms with E-state index < -0.39 is 12.2 Å². The summed E-state index contributed by atoms with van der Waals surface area (Å²) in [6, 6.07) is 9.40. The molecule has 0 bridgehead atoms. The number of oxime groups is 1. The van der Waals surface area contributed by atoms with Crippen molar-refractivity contribution in [1.29, 1.82) is 0 Å². The predicted molar refractivity (Wildman–Crippen MR) is 75.4 cm³/mol. The Bertz CT molecular complexity index is 420. The van der Waals surface area contributed by atoms with Gasteiger partial charge in [-0.3, -0.25) is 0 Å². The number of amides is 1. The van der Waals surface area contributed by atoms with Gasteiger partial charge in [-0.05, 0) is 12.5 Å². The molecular formula is C14H20N2O4. The van der Waals surface area contributed by atoms with Crippen molar-refractivity contribution in [2.24, 2.45) is 5.16 Å². The van der Waals surface area contributed by atoms with Gasteiger partial charge in [-0.15, -0.1) is 0 Å². The number of carbonyl (C=O) groups excluding carboxylic acids is 1. The van der Waals surface area contributed by atoms with Crippen LogP contribution in [-0.4, -0.2) is 48.6 Å². The molecule has 1 aromatic carbocycles. The van der Waals surface area contributed by atoms with Gasteiger partial charge in [0.1, 0.15) is 13.7 Å². The minimum absolute atomic E-state index is 0.170. The van der Waals surface area contributed by atoms with Gasteiger partial charge in [0.2, 0.25) is 0 Å². The first kappa shape index (κ1) is 16.0. The summed E-state index contributed by atoms with van der Waals surface area (Å²) in [7, 11) is 1.42. The molecule has 1 amide bonds. The van der Waals surface area contributed by atoms with Crippen LogP contribution < -0.4 is 0 Å². The molecule has 1 rings (SSSR count). The minimum Gasteiger partial charge on any atom is -0.445 e. The number of benzene rings is 1. The summed E-state index contributed by atoms with van der Waals surface area (Å²) < 4.78 is 5.20. The Morgan fingerprint density at radius 1 is 1.45 bits per heavy atom. The van der Waals surface area contributed by atoms with Crippen molar-refractivity contribution >= 4 is 12.3 Å². The summed E-state index contributed by atoms with van der Waals surface area (Å²) in [4.78, 5) is 17.8. The second-order valence-corrected chi connectivity index (χ2v) is 4.26. The summed E-state index contributed by atoms with van der Waals surface area (Å²) in [5.41, 5.74) is 0.906. The SMILES string of the molecule is CO/N=C/CN(CC(C)O)C(=O)OCc1ccccc1. The van der Waals surface area contributed by atoms with Crippen molar-refractivity contribution in [3.05, 3.63) is 35.9 Å². The molecule has 0 aliphatic carbocycles. The van der Waals surface area contributed by atoms with Crippen LogP contribution in [0.25, 0.3) is 0 Å². The maximum absolute atomic E-state index is 11.9. The van der Waals surface area contributed by atoms with Crippen LogP contribution >= 0.6 is 0 Å². The van der Waals surface area contributed by atoms with E-state index in [0.717, 1.165) is 5.56 Å². The molecule has 110 valence electrons. The van der Waals surface area contributed by atoms with E-state index in [1.165, 1.54) is 18.2 Å². The Morgan fingerprint density at radius 3 is 2.75 bits per heavy atom. The van der Waals surface area contributed by atoms with E-state index in [9.17, 15) is 9.90 Å². The lowest BCUT2D eigenvalue weighted by atomic mass is 10.2. The predicted octanol–water partition coefficient (Wildman–Crippen LogP) is 1.64. The normalized spacial score (nSPS) is 12.2. The third-order valence-electron chi connectivity index (χ3n) is 2.43. The number of aliphatic hydroxyl groups excluding tert-OH is 1. The number of rotatable bonds is 7. The van der Waals surface area contributed by atoms with Gasteiger partial charge >= 0.3 is 6.09 Å². The van der Waals surface area contributed by atoms with E-state index in [4.69, 9.17) is 4.74 Å². The fraction of sp³-hybridized carbons (Fsp3) is 0.429. The van der Waals surface area contributed by atoms with Crippen molar-refractivity contribution in [2.45, 2.75) is 19.6 Å². The molecule has 6 nitrogen and oxygen atoms in total. The van der Waals surface area contributed by atoms with Gasteiger partial charge in [0.15, 0.2) is 0 Å². The highest BCUT2D eigenvalue weighted by molar-refractivity contribution is 5.72. The summed E-state index contributed by atoms with van der Waals surface area (Å²) in [5, 5.41) is 13.0. The van der Waals surface area contributed by atoms with Gasteiger partial charge in [-0.2, -0.15) is 0 Å². The Kier molecular flexibility index (Phi) is 7.13. The summed E-state index contributed by atoms with van der Waals surface area (Å²) in [6.45, 7) is 2.18. The van der Waals surface area contributed by atoms with Crippen molar-refractivity contribution in [2.75, 3.05) is 20.2 Å². The summed E-state index contributed by atoms with van der Waals surface area (Å²) in [6.07, 6.45) is 0.291. The molecule has 1 N–H and O–H groups in total. The van der Waals surface area contributed by atoms with Crippen molar-refractivity contribution in [3.63, 3.8) is 0 Å². The number of nitrogens with zero attached hydrogens (tertiary/aromatic N) is 2. The lowest BCUT2D eigenvalue weighted by Gasteiger charge is -2.21. The molecular weight excluding hydrogens is 260 g/mol. The van der Waals surface area contributed by atoms with Crippen molar-refractivity contribution in [3.8, 4) is 0 Å². The molecule has 20 heavy (non-hydrogen) atoms. The Morgan fingerprint density at radius 2 is 2.15 bits per heavy atom. The van der Waals surface area contributed by atoms with Gasteiger partial charge < -0.3 is 19.6 Å². The first-order chi connectivity index (χ1) is 9.63. The van der Waals surface area contributed by atoms with Crippen LogP contribution in [0.2, 0.25) is 0 Å². The van der Waals surface area contributed by atoms with Crippen LogP contribution in [0.1, 0.15) is 12.5 Å². The first-order valence-corrected chi connectivity index (χ1v) is 6.32. The van der Waals surface area contributed by atoms with Gasteiger partial charge in [0.25, 0.3) is 0 Å². The van der Waals surface area contributed by atoms with Crippen molar-refractivity contribution in [1.82, 2.24) is 4.90 Å². The van der Waals surface area contributed by atoms with E-state index in [0.29, 0.717) is 0 Å². The molecule has 0 heterocycles. The first-order valence-electron chi connectivity index (χ1n) is 6.32. The fourth-order valence-corrected chi connectivity index (χ4v) is 1.56. The second kappa shape index (κ2) is 8.92. The molecule has 1 unspecified atom stereocenters. The standard InChI is InChI=1S/C14H20N2O4/c1-12(17)10-16(9-8-15-19-2)14(18)20-11-13-6-4-3-5-7-13/h3-8,12,17H,9-11H2,1-2H3/b15-8+. The van der Waals surface area contributed by atoms with E-state index in [1.54, 1.807) is 6.92 Å². The maximum Gasteiger partial charge on any atom is 0.410 e. The molecule has 0 aliphatic rings. The van der Waals surface area contributed by atoms with E-state index in [1.807, 2.05) is 30.3 Å². The van der Waals surface area contributed by atoms with Crippen LogP contribution in [0, 0.1) is 0 Å². The van der Waals surface area contributed by atoms with Crippen LogP contribution in [0.15, 0.2) is 35.5 Å². The fourth-order valence-electron chi connectivity index (χ4n) is 1.56. The molecule has 0 aliphatic heterocycles. The van der Waals surface area contributed by atoms with E-state index in [-0.39, 0.29) is 19.7 Å². The largest absolute Gasteiger partial charge is 0.445 e. The van der Waals surface area contributed by atoms with Crippen molar-refractivity contribution < 1.29 is 19.5 Å². The van der Waals surface area contributed by atoms with Gasteiger partial charge in [-0.25, -0.2) is 4.79 Å². The minimum atomic E-state index is -0.643. The van der Waals surface area contributed by atoms with Gasteiger partial charge in [-0.1, -0.05) is 35.5 Å². The number of ether oxygens (including phenoxy) is 1. The van der Waals surface area contributed by atoms with E-state index in [2.05, 4.69) is 9.99 Å². The van der Waals surface area contributed by atoms with Crippen LogP contribution in [0.4, 0.5) is 4.79 Å². The zero-order chi connectivity index (χ0) is 14.8. The Hall–Kier alpha value is -2.08. The molecule has 1 aromatic rings.